The lowest BCUT2D eigenvalue weighted by atomic mass is 10.2. The molecule has 2 aromatic carbocycles. The first-order chi connectivity index (χ1) is 12.2. The maximum Gasteiger partial charge on any atom is 0.225 e. The van der Waals surface area contributed by atoms with Crippen LogP contribution in [-0.2, 0) is 21.4 Å². The minimum absolute atomic E-state index is 0.0551. The van der Waals surface area contributed by atoms with Gasteiger partial charge < -0.3 is 5.32 Å². The van der Waals surface area contributed by atoms with E-state index in [-0.39, 0.29) is 19.5 Å². The Morgan fingerprint density at radius 1 is 1.04 bits per heavy atom. The lowest BCUT2D eigenvalue weighted by Crippen LogP contribution is -2.32. The molecule has 0 saturated carbocycles. The van der Waals surface area contributed by atoms with Crippen LogP contribution in [0.1, 0.15) is 12.0 Å². The largest absolute Gasteiger partial charge is 0.321 e. The predicted octanol–water partition coefficient (Wildman–Crippen LogP) is 2.89. The van der Waals surface area contributed by atoms with E-state index in [2.05, 4.69) is 5.32 Å². The zero-order chi connectivity index (χ0) is 19.3. The van der Waals surface area contributed by atoms with E-state index in [1.807, 2.05) is 0 Å². The first kappa shape index (κ1) is 19.9. The summed E-state index contributed by atoms with van der Waals surface area (Å²) in [5.74, 6) is -3.04. The topological polar surface area (TPSA) is 66.5 Å². The first-order valence-electron chi connectivity index (χ1n) is 7.60. The van der Waals surface area contributed by atoms with Gasteiger partial charge in [-0.1, -0.05) is 18.2 Å². The highest BCUT2D eigenvalue weighted by atomic mass is 32.2. The Morgan fingerprint density at radius 3 is 2.15 bits per heavy atom. The summed E-state index contributed by atoms with van der Waals surface area (Å²) in [5, 5.41) is 2.10. The summed E-state index contributed by atoms with van der Waals surface area (Å²) in [7, 11) is -3.65. The molecule has 0 heterocycles. The van der Waals surface area contributed by atoms with Crippen LogP contribution in [0.3, 0.4) is 0 Å². The van der Waals surface area contributed by atoms with E-state index >= 15 is 0 Å². The molecule has 0 aromatic heterocycles. The third-order valence-electron chi connectivity index (χ3n) is 3.56. The van der Waals surface area contributed by atoms with Gasteiger partial charge in [-0.2, -0.15) is 4.31 Å². The number of nitrogens with one attached hydrogen (secondary N) is 1. The zero-order valence-corrected chi connectivity index (χ0v) is 14.7. The normalized spacial score (nSPS) is 11.6. The van der Waals surface area contributed by atoms with Crippen molar-refractivity contribution in [2.24, 2.45) is 0 Å². The van der Waals surface area contributed by atoms with Gasteiger partial charge in [0.2, 0.25) is 15.9 Å². The maximum atomic E-state index is 13.5. The summed E-state index contributed by atoms with van der Waals surface area (Å²) in [6.07, 6.45) is 0.674. The highest BCUT2D eigenvalue weighted by Gasteiger charge is 2.19. The average molecular weight is 386 g/mol. The van der Waals surface area contributed by atoms with Gasteiger partial charge in [0.1, 0.15) is 23.1 Å². The fourth-order valence-electron chi connectivity index (χ4n) is 2.20. The van der Waals surface area contributed by atoms with E-state index in [0.717, 1.165) is 28.8 Å². The van der Waals surface area contributed by atoms with Crippen LogP contribution >= 0.6 is 0 Å². The molecule has 0 aliphatic heterocycles. The van der Waals surface area contributed by atoms with Crippen molar-refractivity contribution in [1.82, 2.24) is 4.31 Å². The number of rotatable bonds is 7. The maximum absolute atomic E-state index is 13.5. The molecule has 0 saturated heterocycles. The van der Waals surface area contributed by atoms with Crippen LogP contribution < -0.4 is 5.32 Å². The van der Waals surface area contributed by atoms with Gasteiger partial charge in [-0.25, -0.2) is 21.6 Å². The molecule has 0 fully saturated rings. The third kappa shape index (κ3) is 5.57. The SMILES string of the molecule is CS(=O)(=O)N(CCC(=O)Nc1c(F)cccc1F)Cc1ccc(F)cc1. The minimum atomic E-state index is -3.65. The van der Waals surface area contributed by atoms with Crippen LogP contribution in [0.25, 0.3) is 0 Å². The number of carbonyl (C=O) groups is 1. The van der Waals surface area contributed by atoms with Crippen molar-refractivity contribution in [3.05, 3.63) is 65.5 Å². The van der Waals surface area contributed by atoms with E-state index in [9.17, 15) is 26.4 Å². The molecule has 26 heavy (non-hydrogen) atoms. The molecule has 0 radical (unpaired) electrons. The predicted molar refractivity (Wildman–Crippen MR) is 91.3 cm³/mol. The number of hydrogen-bond donors (Lipinski definition) is 1. The van der Waals surface area contributed by atoms with Crippen LogP contribution in [-0.4, -0.2) is 31.4 Å². The molecule has 140 valence electrons. The van der Waals surface area contributed by atoms with Crippen molar-refractivity contribution in [1.29, 1.82) is 0 Å². The lowest BCUT2D eigenvalue weighted by molar-refractivity contribution is -0.116. The fraction of sp³-hybridized carbons (Fsp3) is 0.235. The summed E-state index contributed by atoms with van der Waals surface area (Å²) in [6.45, 7) is -0.251. The number of sulfonamides is 1. The Morgan fingerprint density at radius 2 is 1.62 bits per heavy atom. The van der Waals surface area contributed by atoms with Gasteiger partial charge in [-0.3, -0.25) is 4.79 Å². The number of para-hydroxylation sites is 1. The highest BCUT2D eigenvalue weighted by Crippen LogP contribution is 2.18. The van der Waals surface area contributed by atoms with Crippen LogP contribution in [0.4, 0.5) is 18.9 Å². The minimum Gasteiger partial charge on any atom is -0.321 e. The van der Waals surface area contributed by atoms with Crippen LogP contribution in [0, 0.1) is 17.5 Å². The van der Waals surface area contributed by atoms with Crippen LogP contribution in [0.2, 0.25) is 0 Å². The summed E-state index contributed by atoms with van der Waals surface area (Å²) in [6, 6.07) is 8.41. The number of nitrogens with zero attached hydrogens (tertiary/aromatic N) is 1. The molecule has 2 rings (SSSR count). The number of benzene rings is 2. The molecular formula is C17H17F3N2O3S. The monoisotopic (exact) mass is 386 g/mol. The van der Waals surface area contributed by atoms with E-state index in [1.165, 1.54) is 24.3 Å². The standard InChI is InChI=1S/C17H17F3N2O3S/c1-26(24,25)22(11-12-5-7-13(18)8-6-12)10-9-16(23)21-17-14(19)3-2-4-15(17)20/h2-8H,9-11H2,1H3,(H,21,23). The molecule has 0 aliphatic rings. The van der Waals surface area contributed by atoms with Gasteiger partial charge in [-0.05, 0) is 29.8 Å². The fourth-order valence-corrected chi connectivity index (χ4v) is 3.01. The van der Waals surface area contributed by atoms with Gasteiger partial charge >= 0.3 is 0 Å². The molecule has 5 nitrogen and oxygen atoms in total. The van der Waals surface area contributed by atoms with Crippen LogP contribution in [0.5, 0.6) is 0 Å². The lowest BCUT2D eigenvalue weighted by Gasteiger charge is -2.20. The third-order valence-corrected chi connectivity index (χ3v) is 4.81. The molecule has 0 unspecified atom stereocenters. The Kier molecular flexibility index (Phi) is 6.38. The van der Waals surface area contributed by atoms with Crippen molar-refractivity contribution < 1.29 is 26.4 Å². The average Bonchev–Trinajstić information content (AvgIpc) is 2.55. The molecule has 9 heteroatoms. The second-order valence-corrected chi connectivity index (χ2v) is 7.60. The molecule has 0 aliphatic carbocycles. The summed E-state index contributed by atoms with van der Waals surface area (Å²) in [5.41, 5.74) is -0.0423. The Hall–Kier alpha value is -2.39. The second kappa shape index (κ2) is 8.33. The van der Waals surface area contributed by atoms with Gasteiger partial charge in [0.05, 0.1) is 6.26 Å². The molecular weight excluding hydrogens is 369 g/mol. The number of halogens is 3. The zero-order valence-electron chi connectivity index (χ0n) is 13.9. The Labute approximate surface area is 149 Å². The van der Waals surface area contributed by atoms with Crippen molar-refractivity contribution in [3.8, 4) is 0 Å². The van der Waals surface area contributed by atoms with Gasteiger partial charge in [0, 0.05) is 19.5 Å². The van der Waals surface area contributed by atoms with Gasteiger partial charge in [-0.15, -0.1) is 0 Å². The quantitative estimate of drug-likeness (QED) is 0.796. The highest BCUT2D eigenvalue weighted by molar-refractivity contribution is 7.88. The van der Waals surface area contributed by atoms with E-state index in [1.54, 1.807) is 0 Å². The molecule has 1 N–H and O–H groups in total. The van der Waals surface area contributed by atoms with Crippen molar-refractivity contribution >= 4 is 21.6 Å². The summed E-state index contributed by atoms with van der Waals surface area (Å²) < 4.78 is 64.8. The van der Waals surface area contributed by atoms with Gasteiger partial charge in [0.15, 0.2) is 0 Å². The van der Waals surface area contributed by atoms with Crippen molar-refractivity contribution in [3.63, 3.8) is 0 Å². The molecule has 0 atom stereocenters. The summed E-state index contributed by atoms with van der Waals surface area (Å²) in [4.78, 5) is 11.9. The smallest absolute Gasteiger partial charge is 0.225 e. The molecule has 0 spiro atoms. The Bertz CT molecular complexity index is 866. The number of hydrogen-bond acceptors (Lipinski definition) is 3. The van der Waals surface area contributed by atoms with Crippen molar-refractivity contribution in [2.45, 2.75) is 13.0 Å². The van der Waals surface area contributed by atoms with E-state index in [0.29, 0.717) is 5.56 Å². The molecule has 2 aromatic rings. The summed E-state index contributed by atoms with van der Waals surface area (Å²) >= 11 is 0. The molecule has 1 amide bonds. The first-order valence-corrected chi connectivity index (χ1v) is 9.45. The Balaban J connectivity index is 2.03. The number of anilines is 1. The van der Waals surface area contributed by atoms with E-state index in [4.69, 9.17) is 0 Å². The van der Waals surface area contributed by atoms with Gasteiger partial charge in [0.25, 0.3) is 0 Å². The van der Waals surface area contributed by atoms with Crippen molar-refractivity contribution in [2.75, 3.05) is 18.1 Å². The van der Waals surface area contributed by atoms with E-state index < -0.39 is 39.1 Å². The second-order valence-electron chi connectivity index (χ2n) is 5.62. The van der Waals surface area contributed by atoms with Crippen LogP contribution in [0.15, 0.2) is 42.5 Å². The molecule has 0 bridgehead atoms. The number of amides is 1. The number of carbonyl (C=O) groups excluding carboxylic acids is 1.